The maximum Gasteiger partial charge on any atom is 0.223 e. The number of Topliss-reactive ketones (excluding diaryl/α,β-unsaturated/α-hetero) is 1. The summed E-state index contributed by atoms with van der Waals surface area (Å²) < 4.78 is 0. The lowest BCUT2D eigenvalue weighted by Gasteiger charge is -2.40. The molecule has 1 amide bonds. The third-order valence-corrected chi connectivity index (χ3v) is 6.83. The summed E-state index contributed by atoms with van der Waals surface area (Å²) in [5, 5.41) is 0. The van der Waals surface area contributed by atoms with Crippen molar-refractivity contribution in [2.75, 3.05) is 44.2 Å². The van der Waals surface area contributed by atoms with Crippen molar-refractivity contribution in [3.8, 4) is 0 Å². The summed E-state index contributed by atoms with van der Waals surface area (Å²) in [6, 6.07) is 6.64. The first-order chi connectivity index (χ1) is 13.6. The molecule has 1 aromatic carbocycles. The fraction of sp³-hybridized carbons (Fsp3) is 0.652. The molecule has 1 saturated heterocycles. The van der Waals surface area contributed by atoms with Crippen molar-refractivity contribution in [3.63, 3.8) is 0 Å². The molecule has 1 saturated carbocycles. The van der Waals surface area contributed by atoms with Crippen molar-refractivity contribution < 1.29 is 9.59 Å². The van der Waals surface area contributed by atoms with E-state index in [1.165, 1.54) is 32.1 Å². The molecule has 2 fully saturated rings. The summed E-state index contributed by atoms with van der Waals surface area (Å²) >= 11 is 0. The average Bonchev–Trinajstić information content (AvgIpc) is 3.16. The van der Waals surface area contributed by atoms with E-state index in [9.17, 15) is 9.59 Å². The van der Waals surface area contributed by atoms with Gasteiger partial charge in [0, 0.05) is 69.9 Å². The molecule has 0 spiro atoms. The Labute approximate surface area is 168 Å². The summed E-state index contributed by atoms with van der Waals surface area (Å²) in [5.74, 6) is 0.295. The van der Waals surface area contributed by atoms with E-state index in [-0.39, 0.29) is 11.7 Å². The number of amides is 1. The zero-order valence-electron chi connectivity index (χ0n) is 17.2. The molecule has 2 aliphatic heterocycles. The molecular weight excluding hydrogens is 350 g/mol. The lowest BCUT2D eigenvalue weighted by Crippen LogP contribution is -2.51. The number of hydrogen-bond donors (Lipinski definition) is 0. The van der Waals surface area contributed by atoms with Gasteiger partial charge in [-0.1, -0.05) is 19.3 Å². The fourth-order valence-corrected chi connectivity index (χ4v) is 5.10. The minimum Gasteiger partial charge on any atom is -0.312 e. The van der Waals surface area contributed by atoms with Gasteiger partial charge in [0.2, 0.25) is 5.91 Å². The molecule has 0 atom stereocenters. The molecule has 0 aromatic heterocycles. The normalized spacial score (nSPS) is 21.7. The molecule has 0 unspecified atom stereocenters. The number of carbonyl (C=O) groups excluding carboxylic acids is 2. The topological polar surface area (TPSA) is 43.9 Å². The second kappa shape index (κ2) is 8.75. The highest BCUT2D eigenvalue weighted by Crippen LogP contribution is 2.29. The van der Waals surface area contributed by atoms with Crippen LogP contribution in [0.15, 0.2) is 18.2 Å². The van der Waals surface area contributed by atoms with Gasteiger partial charge in [-0.25, -0.2) is 0 Å². The van der Waals surface area contributed by atoms with Crippen LogP contribution in [0.4, 0.5) is 5.69 Å². The van der Waals surface area contributed by atoms with E-state index in [4.69, 9.17) is 0 Å². The summed E-state index contributed by atoms with van der Waals surface area (Å²) in [4.78, 5) is 31.3. The van der Waals surface area contributed by atoms with Gasteiger partial charge in [0.25, 0.3) is 0 Å². The molecule has 2 heterocycles. The van der Waals surface area contributed by atoms with E-state index in [1.54, 1.807) is 11.8 Å². The van der Waals surface area contributed by atoms with Gasteiger partial charge in [0.1, 0.15) is 0 Å². The van der Waals surface area contributed by atoms with Crippen molar-refractivity contribution in [3.05, 3.63) is 29.3 Å². The largest absolute Gasteiger partial charge is 0.312 e. The Bertz CT molecular complexity index is 719. The highest BCUT2D eigenvalue weighted by atomic mass is 16.2. The number of piperazine rings is 1. The Hall–Kier alpha value is -1.72. The van der Waals surface area contributed by atoms with Gasteiger partial charge in [-0.05, 0) is 43.0 Å². The molecular formula is C23H33N3O2. The maximum atomic E-state index is 12.7. The third kappa shape index (κ3) is 4.31. The number of nitrogens with zero attached hydrogens (tertiary/aromatic N) is 3. The Morgan fingerprint density at radius 3 is 2.46 bits per heavy atom. The summed E-state index contributed by atoms with van der Waals surface area (Å²) in [6.45, 7) is 7.66. The highest BCUT2D eigenvalue weighted by Gasteiger charge is 2.26. The summed E-state index contributed by atoms with van der Waals surface area (Å²) in [6.07, 6.45) is 8.37. The van der Waals surface area contributed by atoms with Crippen LogP contribution in [0.2, 0.25) is 0 Å². The molecule has 28 heavy (non-hydrogen) atoms. The zero-order chi connectivity index (χ0) is 19.5. The van der Waals surface area contributed by atoms with Crippen LogP contribution in [0, 0.1) is 0 Å². The molecule has 5 nitrogen and oxygen atoms in total. The monoisotopic (exact) mass is 383 g/mol. The van der Waals surface area contributed by atoms with E-state index in [0.717, 1.165) is 68.5 Å². The Kier molecular flexibility index (Phi) is 6.12. The molecule has 152 valence electrons. The molecule has 3 aliphatic rings. The van der Waals surface area contributed by atoms with Gasteiger partial charge in [0.15, 0.2) is 5.78 Å². The van der Waals surface area contributed by atoms with Gasteiger partial charge >= 0.3 is 0 Å². The molecule has 0 bridgehead atoms. The highest BCUT2D eigenvalue weighted by molar-refractivity contribution is 5.99. The third-order valence-electron chi connectivity index (χ3n) is 6.83. The van der Waals surface area contributed by atoms with E-state index in [2.05, 4.69) is 9.80 Å². The van der Waals surface area contributed by atoms with Gasteiger partial charge < -0.3 is 9.80 Å². The van der Waals surface area contributed by atoms with Crippen molar-refractivity contribution in [1.29, 1.82) is 0 Å². The van der Waals surface area contributed by atoms with Gasteiger partial charge in [-0.2, -0.15) is 0 Å². The Morgan fingerprint density at radius 2 is 1.75 bits per heavy atom. The molecule has 1 aromatic rings. The molecule has 1 aliphatic carbocycles. The van der Waals surface area contributed by atoms with E-state index in [0.29, 0.717) is 6.42 Å². The van der Waals surface area contributed by atoms with Crippen LogP contribution in [-0.4, -0.2) is 66.8 Å². The number of fused-ring (bicyclic) bond motifs is 1. The number of hydrogen-bond acceptors (Lipinski definition) is 4. The van der Waals surface area contributed by atoms with Crippen molar-refractivity contribution in [2.24, 2.45) is 0 Å². The van der Waals surface area contributed by atoms with Crippen LogP contribution < -0.4 is 4.90 Å². The van der Waals surface area contributed by atoms with Crippen molar-refractivity contribution in [2.45, 2.75) is 57.9 Å². The standard InChI is InChI=1S/C23H33N3O2/c1-18(27)26-12-9-19-17-20(7-8-22(19)26)23(28)10-11-24-13-15-25(16-14-24)21-5-3-2-4-6-21/h7-8,17,21H,2-6,9-16H2,1H3. The molecule has 4 rings (SSSR count). The first-order valence-electron chi connectivity index (χ1n) is 11.0. The van der Waals surface area contributed by atoms with Crippen LogP contribution in [0.3, 0.4) is 0 Å². The SMILES string of the molecule is CC(=O)N1CCc2cc(C(=O)CCN3CCN(C4CCCCC4)CC3)ccc21. The van der Waals surface area contributed by atoms with E-state index < -0.39 is 0 Å². The Morgan fingerprint density at radius 1 is 1.00 bits per heavy atom. The van der Waals surface area contributed by atoms with Gasteiger partial charge in [0.05, 0.1) is 0 Å². The predicted molar refractivity (Wildman–Crippen MR) is 112 cm³/mol. The van der Waals surface area contributed by atoms with Gasteiger partial charge in [-0.3, -0.25) is 14.5 Å². The fourth-order valence-electron chi connectivity index (χ4n) is 5.10. The second-order valence-corrected chi connectivity index (χ2v) is 8.61. The average molecular weight is 384 g/mol. The van der Waals surface area contributed by atoms with Crippen LogP contribution in [0.25, 0.3) is 0 Å². The lowest BCUT2D eigenvalue weighted by atomic mass is 9.94. The number of carbonyl (C=O) groups is 2. The first kappa shape index (κ1) is 19.6. The van der Waals surface area contributed by atoms with Crippen LogP contribution in [-0.2, 0) is 11.2 Å². The van der Waals surface area contributed by atoms with Crippen molar-refractivity contribution in [1.82, 2.24) is 9.80 Å². The number of rotatable bonds is 5. The van der Waals surface area contributed by atoms with Crippen LogP contribution in [0.5, 0.6) is 0 Å². The quantitative estimate of drug-likeness (QED) is 0.733. The lowest BCUT2D eigenvalue weighted by molar-refractivity contribution is -0.116. The van der Waals surface area contributed by atoms with Crippen molar-refractivity contribution >= 4 is 17.4 Å². The molecule has 5 heteroatoms. The van der Waals surface area contributed by atoms with Crippen LogP contribution >= 0.6 is 0 Å². The predicted octanol–water partition coefficient (Wildman–Crippen LogP) is 3.12. The maximum absolute atomic E-state index is 12.7. The number of ketones is 1. The summed E-state index contributed by atoms with van der Waals surface area (Å²) in [5.41, 5.74) is 2.90. The smallest absolute Gasteiger partial charge is 0.223 e. The van der Waals surface area contributed by atoms with E-state index >= 15 is 0 Å². The van der Waals surface area contributed by atoms with Gasteiger partial charge in [-0.15, -0.1) is 0 Å². The molecule has 0 radical (unpaired) electrons. The summed E-state index contributed by atoms with van der Waals surface area (Å²) in [7, 11) is 0. The number of benzene rings is 1. The first-order valence-corrected chi connectivity index (χ1v) is 11.0. The molecule has 0 N–H and O–H groups in total. The minimum atomic E-state index is 0.0743. The number of anilines is 1. The second-order valence-electron chi connectivity index (χ2n) is 8.61. The van der Waals surface area contributed by atoms with E-state index in [1.807, 2.05) is 18.2 Å². The Balaban J connectivity index is 1.26. The minimum absolute atomic E-state index is 0.0743. The zero-order valence-corrected chi connectivity index (χ0v) is 17.2. The van der Waals surface area contributed by atoms with Crippen LogP contribution in [0.1, 0.15) is 61.4 Å².